The third kappa shape index (κ3) is 4.59. The molecular weight excluding hydrogens is 413 g/mol. The van der Waals surface area contributed by atoms with Crippen molar-refractivity contribution in [2.45, 2.75) is 37.9 Å². The average molecular weight is 441 g/mol. The van der Waals surface area contributed by atoms with Gasteiger partial charge in [-0.1, -0.05) is 12.2 Å². The molecule has 2 rings (SSSR count). The third-order valence-corrected chi connectivity index (χ3v) is 7.01. The maximum Gasteiger partial charge on any atom is 0.193 e. The van der Waals surface area contributed by atoms with Gasteiger partial charge >= 0.3 is 0 Å². The van der Waals surface area contributed by atoms with E-state index < -0.39 is 14.6 Å². The van der Waals surface area contributed by atoms with Crippen molar-refractivity contribution in [2.24, 2.45) is 10.9 Å². The molecule has 1 heterocycles. The Labute approximate surface area is 151 Å². The van der Waals surface area contributed by atoms with Crippen molar-refractivity contribution < 1.29 is 8.42 Å². The topological polar surface area (TPSA) is 61.8 Å². The normalized spacial score (nSPS) is 27.1. The van der Waals surface area contributed by atoms with Gasteiger partial charge in [0.1, 0.15) is 0 Å². The Bertz CT molecular complexity index is 529. The molecule has 0 radical (unpaired) electrons. The lowest BCUT2D eigenvalue weighted by molar-refractivity contribution is 0.348. The summed E-state index contributed by atoms with van der Waals surface area (Å²) in [6.07, 6.45) is 7.96. The van der Waals surface area contributed by atoms with E-state index in [1.165, 1.54) is 6.42 Å². The predicted octanol–water partition coefficient (Wildman–Crippen LogP) is 2.05. The van der Waals surface area contributed by atoms with Crippen molar-refractivity contribution in [1.29, 1.82) is 0 Å². The second kappa shape index (κ2) is 7.99. The first-order valence-corrected chi connectivity index (χ1v) is 9.34. The molecule has 2 aliphatic rings. The number of halogens is 1. The second-order valence-electron chi connectivity index (χ2n) is 6.58. The van der Waals surface area contributed by atoms with Crippen LogP contribution in [0.4, 0.5) is 0 Å². The Morgan fingerprint density at radius 2 is 2.14 bits per heavy atom. The first-order valence-electron chi connectivity index (χ1n) is 7.68. The number of hydrogen-bond donors (Lipinski definition) is 1. The van der Waals surface area contributed by atoms with Gasteiger partial charge in [-0.15, -0.1) is 24.0 Å². The van der Waals surface area contributed by atoms with E-state index in [0.29, 0.717) is 19.0 Å². The minimum absolute atomic E-state index is 0. The number of aliphatic imine (C=N–C) groups is 1. The minimum atomic E-state index is -3.00. The van der Waals surface area contributed by atoms with Gasteiger partial charge in [0.05, 0.1) is 10.5 Å². The molecule has 7 heteroatoms. The molecule has 1 saturated heterocycles. The highest BCUT2D eigenvalue weighted by molar-refractivity contribution is 14.0. The third-order valence-electron chi connectivity index (χ3n) is 4.48. The maximum absolute atomic E-state index is 12.1. The molecule has 0 amide bonds. The van der Waals surface area contributed by atoms with E-state index in [9.17, 15) is 8.42 Å². The summed E-state index contributed by atoms with van der Waals surface area (Å²) in [7, 11) is -1.24. The quantitative estimate of drug-likeness (QED) is 0.309. The number of nitrogens with zero attached hydrogens (tertiary/aromatic N) is 2. The summed E-state index contributed by atoms with van der Waals surface area (Å²) in [5.74, 6) is 1.67. The number of nitrogens with one attached hydrogen (secondary N) is 1. The zero-order chi connectivity index (χ0) is 15.5. The number of sulfone groups is 1. The van der Waals surface area contributed by atoms with Crippen LogP contribution >= 0.6 is 24.0 Å². The van der Waals surface area contributed by atoms with Gasteiger partial charge in [0.2, 0.25) is 0 Å². The van der Waals surface area contributed by atoms with E-state index in [1.54, 1.807) is 20.9 Å². The molecule has 1 atom stereocenters. The molecular formula is C15H28IN3O2S. The highest BCUT2D eigenvalue weighted by Crippen LogP contribution is 2.24. The Kier molecular flexibility index (Phi) is 7.17. The van der Waals surface area contributed by atoms with Crippen LogP contribution in [0.2, 0.25) is 0 Å². The van der Waals surface area contributed by atoms with E-state index in [-0.39, 0.29) is 29.7 Å². The van der Waals surface area contributed by atoms with E-state index in [2.05, 4.69) is 27.4 Å². The van der Waals surface area contributed by atoms with E-state index in [0.717, 1.165) is 25.3 Å². The minimum Gasteiger partial charge on any atom is -0.356 e. The molecule has 0 aromatic carbocycles. The molecule has 1 fully saturated rings. The first kappa shape index (κ1) is 19.7. The highest BCUT2D eigenvalue weighted by Gasteiger charge is 2.40. The van der Waals surface area contributed by atoms with Gasteiger partial charge in [-0.3, -0.25) is 4.99 Å². The van der Waals surface area contributed by atoms with Crippen LogP contribution in [0.1, 0.15) is 33.1 Å². The van der Waals surface area contributed by atoms with Gasteiger partial charge in [-0.25, -0.2) is 8.42 Å². The molecule has 22 heavy (non-hydrogen) atoms. The molecule has 1 aliphatic carbocycles. The highest BCUT2D eigenvalue weighted by atomic mass is 127. The van der Waals surface area contributed by atoms with Crippen LogP contribution < -0.4 is 5.32 Å². The lowest BCUT2D eigenvalue weighted by Gasteiger charge is -2.39. The molecule has 1 N–H and O–H groups in total. The van der Waals surface area contributed by atoms with Gasteiger partial charge in [-0.05, 0) is 39.0 Å². The monoisotopic (exact) mass is 441 g/mol. The van der Waals surface area contributed by atoms with Gasteiger partial charge < -0.3 is 10.2 Å². The summed E-state index contributed by atoms with van der Waals surface area (Å²) in [6.45, 7) is 5.53. The van der Waals surface area contributed by atoms with E-state index in [1.807, 2.05) is 0 Å². The van der Waals surface area contributed by atoms with Crippen molar-refractivity contribution in [2.75, 3.05) is 32.4 Å². The van der Waals surface area contributed by atoms with Crippen molar-refractivity contribution >= 4 is 39.8 Å². The van der Waals surface area contributed by atoms with Gasteiger partial charge in [0.15, 0.2) is 15.8 Å². The van der Waals surface area contributed by atoms with Gasteiger partial charge in [-0.2, -0.15) is 0 Å². The standard InChI is InChI=1S/C15H27N3O2S.HI/c1-15(2)12-18(9-10-21(15,19)20)14(16-3)17-11-13-7-5-4-6-8-13;/h4-5,13H,6-12H2,1-3H3,(H,16,17);1H. The van der Waals surface area contributed by atoms with Crippen LogP contribution in [-0.4, -0.2) is 56.5 Å². The molecule has 0 saturated carbocycles. The number of allylic oxidation sites excluding steroid dienone is 2. The van der Waals surface area contributed by atoms with E-state index in [4.69, 9.17) is 0 Å². The van der Waals surface area contributed by atoms with Crippen LogP contribution in [0.25, 0.3) is 0 Å². The zero-order valence-electron chi connectivity index (χ0n) is 13.7. The molecule has 128 valence electrons. The molecule has 5 nitrogen and oxygen atoms in total. The Hall–Kier alpha value is -0.310. The van der Waals surface area contributed by atoms with Crippen LogP contribution in [0.5, 0.6) is 0 Å². The van der Waals surface area contributed by atoms with Crippen molar-refractivity contribution in [3.8, 4) is 0 Å². The molecule has 1 unspecified atom stereocenters. The van der Waals surface area contributed by atoms with E-state index >= 15 is 0 Å². The van der Waals surface area contributed by atoms with Crippen molar-refractivity contribution in [1.82, 2.24) is 10.2 Å². The smallest absolute Gasteiger partial charge is 0.193 e. The Balaban J connectivity index is 0.00000242. The average Bonchev–Trinajstić information content (AvgIpc) is 2.44. The second-order valence-corrected chi connectivity index (χ2v) is 9.32. The fourth-order valence-electron chi connectivity index (χ4n) is 2.93. The fraction of sp³-hybridized carbons (Fsp3) is 0.800. The van der Waals surface area contributed by atoms with Crippen LogP contribution in [0.15, 0.2) is 17.1 Å². The Morgan fingerprint density at radius 1 is 1.41 bits per heavy atom. The van der Waals surface area contributed by atoms with Crippen LogP contribution in [0, 0.1) is 5.92 Å². The zero-order valence-corrected chi connectivity index (χ0v) is 16.9. The molecule has 0 bridgehead atoms. The summed E-state index contributed by atoms with van der Waals surface area (Å²) in [4.78, 5) is 6.40. The largest absolute Gasteiger partial charge is 0.356 e. The summed E-state index contributed by atoms with van der Waals surface area (Å²) >= 11 is 0. The van der Waals surface area contributed by atoms with Gasteiger partial charge in [0, 0.05) is 26.7 Å². The SMILES string of the molecule is CN=C(NCC1CC=CCC1)N1CCS(=O)(=O)C(C)(C)C1.I. The lowest BCUT2D eigenvalue weighted by atomic mass is 9.94. The summed E-state index contributed by atoms with van der Waals surface area (Å²) in [6, 6.07) is 0. The van der Waals surface area contributed by atoms with Crippen LogP contribution in [-0.2, 0) is 9.84 Å². The number of rotatable bonds is 2. The fourth-order valence-corrected chi connectivity index (χ4v) is 4.30. The summed E-state index contributed by atoms with van der Waals surface area (Å²) in [5.41, 5.74) is 0. The molecule has 0 aromatic heterocycles. The molecule has 1 aliphatic heterocycles. The lowest BCUT2D eigenvalue weighted by Crippen LogP contribution is -2.57. The number of guanidine groups is 1. The predicted molar refractivity (Wildman–Crippen MR) is 103 cm³/mol. The summed E-state index contributed by atoms with van der Waals surface area (Å²) in [5, 5.41) is 3.42. The first-order chi connectivity index (χ1) is 9.86. The Morgan fingerprint density at radius 3 is 2.68 bits per heavy atom. The number of hydrogen-bond acceptors (Lipinski definition) is 3. The van der Waals surface area contributed by atoms with Crippen molar-refractivity contribution in [3.05, 3.63) is 12.2 Å². The molecule has 0 aromatic rings. The maximum atomic E-state index is 12.1. The van der Waals surface area contributed by atoms with Crippen LogP contribution in [0.3, 0.4) is 0 Å². The summed E-state index contributed by atoms with van der Waals surface area (Å²) < 4.78 is 23.4. The van der Waals surface area contributed by atoms with Gasteiger partial charge in [0.25, 0.3) is 0 Å². The van der Waals surface area contributed by atoms with Crippen molar-refractivity contribution in [3.63, 3.8) is 0 Å². The molecule has 0 spiro atoms.